The molecule has 5 nitrogen and oxygen atoms in total. The zero-order chi connectivity index (χ0) is 14.9. The summed E-state index contributed by atoms with van der Waals surface area (Å²) in [6, 6.07) is 6.50. The zero-order valence-corrected chi connectivity index (χ0v) is 11.9. The van der Waals surface area contributed by atoms with Crippen LogP contribution in [0.3, 0.4) is 0 Å². The molecule has 0 N–H and O–H groups in total. The lowest BCUT2D eigenvalue weighted by molar-refractivity contribution is -0.311. The Balaban J connectivity index is 2.27. The van der Waals surface area contributed by atoms with Crippen LogP contribution in [0.2, 0.25) is 0 Å². The molecule has 0 radical (unpaired) electrons. The van der Waals surface area contributed by atoms with Gasteiger partial charge < -0.3 is 14.6 Å². The SMILES string of the molecule is CC(C)(C)OC(=O)N1Cc2ccccc2C[C@H]1C(=O)[O-]. The Morgan fingerprint density at radius 3 is 2.40 bits per heavy atom. The average Bonchev–Trinajstić information content (AvgIpc) is 2.35. The van der Waals surface area contributed by atoms with Gasteiger partial charge in [0.1, 0.15) is 5.60 Å². The molecule has 1 aliphatic heterocycles. The Kier molecular flexibility index (Phi) is 3.70. The number of rotatable bonds is 1. The first-order chi connectivity index (χ1) is 9.28. The molecule has 2 rings (SSSR count). The molecule has 0 aliphatic carbocycles. The molecule has 5 heteroatoms. The van der Waals surface area contributed by atoms with Gasteiger partial charge in [0, 0.05) is 6.54 Å². The van der Waals surface area contributed by atoms with Crippen molar-refractivity contribution in [3.8, 4) is 0 Å². The fourth-order valence-corrected chi connectivity index (χ4v) is 2.25. The number of hydrogen-bond donors (Lipinski definition) is 0. The van der Waals surface area contributed by atoms with Crippen LogP contribution in [-0.2, 0) is 22.5 Å². The number of carboxylic acids is 1. The molecule has 0 saturated carbocycles. The van der Waals surface area contributed by atoms with Gasteiger partial charge in [-0.3, -0.25) is 4.90 Å². The summed E-state index contributed by atoms with van der Waals surface area (Å²) in [5.74, 6) is -1.26. The predicted octanol–water partition coefficient (Wildman–Crippen LogP) is 1.10. The number of aliphatic carboxylic acids is 1. The zero-order valence-electron chi connectivity index (χ0n) is 11.9. The number of hydrogen-bond acceptors (Lipinski definition) is 4. The summed E-state index contributed by atoms with van der Waals surface area (Å²) in [6.45, 7) is 5.47. The van der Waals surface area contributed by atoms with Gasteiger partial charge in [-0.15, -0.1) is 0 Å². The van der Waals surface area contributed by atoms with Gasteiger partial charge in [0.2, 0.25) is 0 Å². The van der Waals surface area contributed by atoms with E-state index in [-0.39, 0.29) is 13.0 Å². The van der Waals surface area contributed by atoms with Gasteiger partial charge >= 0.3 is 6.09 Å². The van der Waals surface area contributed by atoms with Gasteiger partial charge in [-0.25, -0.2) is 4.79 Å². The molecule has 108 valence electrons. The van der Waals surface area contributed by atoms with Crippen LogP contribution in [0.1, 0.15) is 31.9 Å². The Labute approximate surface area is 118 Å². The van der Waals surface area contributed by atoms with E-state index in [1.165, 1.54) is 4.90 Å². The summed E-state index contributed by atoms with van der Waals surface area (Å²) >= 11 is 0. The maximum Gasteiger partial charge on any atom is 0.411 e. The topological polar surface area (TPSA) is 69.7 Å². The second kappa shape index (κ2) is 5.15. The van der Waals surface area contributed by atoms with E-state index in [4.69, 9.17) is 4.74 Å². The van der Waals surface area contributed by atoms with Crippen molar-refractivity contribution in [3.05, 3.63) is 35.4 Å². The van der Waals surface area contributed by atoms with Crippen molar-refractivity contribution in [2.45, 2.75) is 45.4 Å². The van der Waals surface area contributed by atoms with E-state index in [0.717, 1.165) is 11.1 Å². The maximum atomic E-state index is 12.2. The number of carboxylic acid groups (broad SMARTS) is 1. The van der Waals surface area contributed by atoms with E-state index in [1.807, 2.05) is 24.3 Å². The van der Waals surface area contributed by atoms with Gasteiger partial charge in [0.25, 0.3) is 0 Å². The minimum absolute atomic E-state index is 0.226. The minimum atomic E-state index is -1.26. The quantitative estimate of drug-likeness (QED) is 0.770. The molecule has 0 bridgehead atoms. The van der Waals surface area contributed by atoms with E-state index < -0.39 is 23.7 Å². The Morgan fingerprint density at radius 2 is 1.85 bits per heavy atom. The van der Waals surface area contributed by atoms with Gasteiger partial charge in [-0.1, -0.05) is 24.3 Å². The fourth-order valence-electron chi connectivity index (χ4n) is 2.25. The molecule has 20 heavy (non-hydrogen) atoms. The molecule has 0 aromatic heterocycles. The molecule has 1 aliphatic rings. The highest BCUT2D eigenvalue weighted by molar-refractivity contribution is 5.80. The van der Waals surface area contributed by atoms with E-state index in [0.29, 0.717) is 0 Å². The van der Waals surface area contributed by atoms with Crippen LogP contribution in [0.4, 0.5) is 4.79 Å². The van der Waals surface area contributed by atoms with Gasteiger partial charge in [-0.2, -0.15) is 0 Å². The maximum absolute atomic E-state index is 12.2. The number of nitrogens with zero attached hydrogens (tertiary/aromatic N) is 1. The second-order valence-electron chi connectivity index (χ2n) is 5.92. The summed E-state index contributed by atoms with van der Waals surface area (Å²) in [5.41, 5.74) is 1.21. The number of benzene rings is 1. The highest BCUT2D eigenvalue weighted by atomic mass is 16.6. The highest BCUT2D eigenvalue weighted by Crippen LogP contribution is 2.24. The van der Waals surface area contributed by atoms with Crippen molar-refractivity contribution < 1.29 is 19.4 Å². The molecular weight excluding hydrogens is 258 g/mol. The van der Waals surface area contributed by atoms with Crippen molar-refractivity contribution >= 4 is 12.1 Å². The van der Waals surface area contributed by atoms with Crippen molar-refractivity contribution in [3.63, 3.8) is 0 Å². The summed E-state index contributed by atoms with van der Waals surface area (Å²) in [5, 5.41) is 11.3. The molecule has 1 aromatic rings. The Morgan fingerprint density at radius 1 is 1.25 bits per heavy atom. The van der Waals surface area contributed by atoms with Crippen LogP contribution in [0, 0.1) is 0 Å². The smallest absolute Gasteiger partial charge is 0.411 e. The fraction of sp³-hybridized carbons (Fsp3) is 0.467. The lowest BCUT2D eigenvalue weighted by atomic mass is 9.94. The van der Waals surface area contributed by atoms with Crippen LogP contribution in [0.5, 0.6) is 0 Å². The Bertz CT molecular complexity index is 533. The van der Waals surface area contributed by atoms with Crippen LogP contribution in [0.15, 0.2) is 24.3 Å². The van der Waals surface area contributed by atoms with E-state index in [9.17, 15) is 14.7 Å². The molecule has 1 aromatic carbocycles. The van der Waals surface area contributed by atoms with Crippen LogP contribution in [-0.4, -0.2) is 28.6 Å². The van der Waals surface area contributed by atoms with Gasteiger partial charge in [0.05, 0.1) is 12.0 Å². The first-order valence-electron chi connectivity index (χ1n) is 6.55. The predicted molar refractivity (Wildman–Crippen MR) is 70.7 cm³/mol. The van der Waals surface area contributed by atoms with E-state index in [2.05, 4.69) is 0 Å². The van der Waals surface area contributed by atoms with Crippen molar-refractivity contribution in [2.75, 3.05) is 0 Å². The summed E-state index contributed by atoms with van der Waals surface area (Å²) < 4.78 is 5.27. The summed E-state index contributed by atoms with van der Waals surface area (Å²) in [4.78, 5) is 24.7. The third-order valence-electron chi connectivity index (χ3n) is 3.15. The third-order valence-corrected chi connectivity index (χ3v) is 3.15. The minimum Gasteiger partial charge on any atom is -0.548 e. The van der Waals surface area contributed by atoms with Crippen LogP contribution < -0.4 is 5.11 Å². The molecule has 0 unspecified atom stereocenters. The molecule has 0 saturated heterocycles. The molecule has 1 amide bonds. The van der Waals surface area contributed by atoms with Gasteiger partial charge in [0.15, 0.2) is 0 Å². The standard InChI is InChI=1S/C15H19NO4/c1-15(2,3)20-14(19)16-9-11-7-5-4-6-10(11)8-12(16)13(17)18/h4-7,12H,8-9H2,1-3H3,(H,17,18)/p-1/t12-/m0/s1. The number of amides is 1. The number of fused-ring (bicyclic) bond motifs is 1. The average molecular weight is 276 g/mol. The summed E-state index contributed by atoms with van der Waals surface area (Å²) in [7, 11) is 0. The largest absolute Gasteiger partial charge is 0.548 e. The molecule has 1 atom stereocenters. The van der Waals surface area contributed by atoms with Crippen LogP contribution in [0.25, 0.3) is 0 Å². The van der Waals surface area contributed by atoms with E-state index >= 15 is 0 Å². The Hall–Kier alpha value is -2.04. The first kappa shape index (κ1) is 14.4. The monoisotopic (exact) mass is 276 g/mol. The highest BCUT2D eigenvalue weighted by Gasteiger charge is 2.33. The molecule has 0 spiro atoms. The summed E-state index contributed by atoms with van der Waals surface area (Å²) in [6.07, 6.45) is -0.376. The number of carbonyl (C=O) groups is 2. The molecular formula is C15H18NO4-. The lowest BCUT2D eigenvalue weighted by Gasteiger charge is -2.38. The van der Waals surface area contributed by atoms with E-state index in [1.54, 1.807) is 20.8 Å². The lowest BCUT2D eigenvalue weighted by Crippen LogP contribution is -2.54. The van der Waals surface area contributed by atoms with Gasteiger partial charge in [-0.05, 0) is 38.3 Å². The normalized spacial score (nSPS) is 18.4. The van der Waals surface area contributed by atoms with Crippen molar-refractivity contribution in [2.24, 2.45) is 0 Å². The molecule has 1 heterocycles. The molecule has 0 fully saturated rings. The number of carbonyl (C=O) groups excluding carboxylic acids is 2. The van der Waals surface area contributed by atoms with Crippen molar-refractivity contribution in [1.29, 1.82) is 0 Å². The third kappa shape index (κ3) is 3.10. The van der Waals surface area contributed by atoms with Crippen molar-refractivity contribution in [1.82, 2.24) is 4.90 Å². The van der Waals surface area contributed by atoms with Crippen LogP contribution >= 0.6 is 0 Å². The first-order valence-corrected chi connectivity index (χ1v) is 6.55. The second-order valence-corrected chi connectivity index (χ2v) is 5.92. The number of ether oxygens (including phenoxy) is 1.